The first-order valence-corrected chi connectivity index (χ1v) is 5.70. The minimum atomic E-state index is -0.725. The number of primary amides is 1. The lowest BCUT2D eigenvalue weighted by Crippen LogP contribution is -2.31. The molecule has 0 aliphatic carbocycles. The van der Waals surface area contributed by atoms with Crippen molar-refractivity contribution in [1.29, 1.82) is 0 Å². The van der Waals surface area contributed by atoms with E-state index in [0.717, 1.165) is 0 Å². The number of carbonyl (C=O) groups is 1. The van der Waals surface area contributed by atoms with E-state index in [1.165, 1.54) is 6.20 Å². The zero-order valence-electron chi connectivity index (χ0n) is 9.77. The molecule has 0 radical (unpaired) electrons. The highest BCUT2D eigenvalue weighted by Gasteiger charge is 2.37. The topological polar surface area (TPSA) is 124 Å². The largest absolute Gasteiger partial charge is 0.394 e. The van der Waals surface area contributed by atoms with Gasteiger partial charge in [-0.25, -0.2) is 0 Å². The van der Waals surface area contributed by atoms with Crippen LogP contribution in [0.25, 0.3) is 0 Å². The van der Waals surface area contributed by atoms with E-state index in [9.17, 15) is 9.90 Å². The van der Waals surface area contributed by atoms with Gasteiger partial charge in [0.15, 0.2) is 0 Å². The Hall–Kier alpha value is -1.41. The monoisotopic (exact) mass is 255 g/mol. The third-order valence-electron chi connectivity index (χ3n) is 3.16. The fraction of sp³-hybridized carbons (Fsp3) is 0.545. The summed E-state index contributed by atoms with van der Waals surface area (Å²) in [5, 5.41) is 18.6. The molecule has 1 aromatic rings. The molecule has 0 spiro atoms. The molecule has 2 rings (SSSR count). The first-order chi connectivity index (χ1) is 8.52. The molecule has 100 valence electrons. The molecule has 18 heavy (non-hydrogen) atoms. The van der Waals surface area contributed by atoms with Crippen LogP contribution in [0.4, 0.5) is 0 Å². The zero-order valence-corrected chi connectivity index (χ0v) is 9.77. The van der Waals surface area contributed by atoms with Crippen LogP contribution in [0.5, 0.6) is 0 Å². The normalized spacial score (nSPS) is 29.4. The summed E-state index contributed by atoms with van der Waals surface area (Å²) < 4.78 is 7.06. The van der Waals surface area contributed by atoms with Crippen LogP contribution in [0.1, 0.15) is 22.9 Å². The Morgan fingerprint density at radius 3 is 2.89 bits per heavy atom. The van der Waals surface area contributed by atoms with Gasteiger partial charge in [-0.05, 0) is 6.07 Å². The SMILES string of the molecule is NC(=O)c1ccn(C(N)[C@H]2C[C@H](O)[C@@H](CO)O2)c1. The zero-order chi connectivity index (χ0) is 13.3. The van der Waals surface area contributed by atoms with E-state index >= 15 is 0 Å². The van der Waals surface area contributed by atoms with E-state index in [2.05, 4.69) is 0 Å². The van der Waals surface area contributed by atoms with Crippen molar-refractivity contribution in [3.05, 3.63) is 24.0 Å². The Kier molecular flexibility index (Phi) is 3.67. The highest BCUT2D eigenvalue weighted by Crippen LogP contribution is 2.26. The minimum Gasteiger partial charge on any atom is -0.394 e. The molecule has 1 aromatic heterocycles. The number of aliphatic hydroxyl groups is 2. The second-order valence-corrected chi connectivity index (χ2v) is 4.40. The van der Waals surface area contributed by atoms with Gasteiger partial charge in [0, 0.05) is 18.8 Å². The molecular weight excluding hydrogens is 238 g/mol. The first kappa shape index (κ1) is 13.0. The van der Waals surface area contributed by atoms with Gasteiger partial charge in [0.1, 0.15) is 12.3 Å². The molecule has 4 atom stereocenters. The van der Waals surface area contributed by atoms with Gasteiger partial charge in [-0.2, -0.15) is 0 Å². The van der Waals surface area contributed by atoms with Crippen LogP contribution in [-0.2, 0) is 4.74 Å². The smallest absolute Gasteiger partial charge is 0.250 e. The lowest BCUT2D eigenvalue weighted by atomic mass is 10.1. The molecule has 0 saturated carbocycles. The van der Waals surface area contributed by atoms with Crippen molar-refractivity contribution < 1.29 is 19.7 Å². The Morgan fingerprint density at radius 2 is 2.39 bits per heavy atom. The van der Waals surface area contributed by atoms with Crippen LogP contribution in [-0.4, -0.2) is 45.6 Å². The Labute approximate surface area is 104 Å². The number of hydrogen-bond donors (Lipinski definition) is 4. The molecule has 1 fully saturated rings. The van der Waals surface area contributed by atoms with Crippen LogP contribution in [0.2, 0.25) is 0 Å². The van der Waals surface area contributed by atoms with Gasteiger partial charge in [-0.15, -0.1) is 0 Å². The Balaban J connectivity index is 2.07. The maximum Gasteiger partial charge on any atom is 0.250 e. The van der Waals surface area contributed by atoms with Crippen molar-refractivity contribution in [3.63, 3.8) is 0 Å². The van der Waals surface area contributed by atoms with Crippen molar-refractivity contribution in [2.24, 2.45) is 11.5 Å². The second kappa shape index (κ2) is 5.07. The third-order valence-corrected chi connectivity index (χ3v) is 3.16. The summed E-state index contributed by atoms with van der Waals surface area (Å²) in [4.78, 5) is 11.0. The van der Waals surface area contributed by atoms with Gasteiger partial charge < -0.3 is 31.0 Å². The van der Waals surface area contributed by atoms with Crippen molar-refractivity contribution in [1.82, 2.24) is 4.57 Å². The lowest BCUT2D eigenvalue weighted by molar-refractivity contribution is -0.0351. The molecule has 1 amide bonds. The van der Waals surface area contributed by atoms with Gasteiger partial charge >= 0.3 is 0 Å². The number of ether oxygens (including phenoxy) is 1. The summed E-state index contributed by atoms with van der Waals surface area (Å²) >= 11 is 0. The standard InChI is InChI=1S/C11H17N3O4/c12-10(8-3-7(16)9(5-15)18-8)14-2-1-6(4-14)11(13)17/h1-2,4,7-10,15-16H,3,5,12H2,(H2,13,17)/t7-,8+,9+,10?/m0/s1. The molecule has 6 N–H and O–H groups in total. The van der Waals surface area contributed by atoms with Crippen molar-refractivity contribution in [3.8, 4) is 0 Å². The molecule has 0 bridgehead atoms. The summed E-state index contributed by atoms with van der Waals surface area (Å²) in [7, 11) is 0. The number of nitrogens with zero attached hydrogens (tertiary/aromatic N) is 1. The van der Waals surface area contributed by atoms with E-state index in [-0.39, 0.29) is 6.61 Å². The predicted octanol–water partition coefficient (Wildman–Crippen LogP) is -1.44. The molecule has 1 aliphatic heterocycles. The van der Waals surface area contributed by atoms with Crippen LogP contribution in [0.3, 0.4) is 0 Å². The number of hydrogen-bond acceptors (Lipinski definition) is 5. The predicted molar refractivity (Wildman–Crippen MR) is 62.5 cm³/mol. The fourth-order valence-electron chi connectivity index (χ4n) is 2.08. The highest BCUT2D eigenvalue weighted by molar-refractivity contribution is 5.92. The van der Waals surface area contributed by atoms with Gasteiger partial charge in [0.2, 0.25) is 5.91 Å². The molecule has 7 nitrogen and oxygen atoms in total. The summed E-state index contributed by atoms with van der Waals surface area (Å²) in [6, 6.07) is 1.57. The Morgan fingerprint density at radius 1 is 1.67 bits per heavy atom. The highest BCUT2D eigenvalue weighted by atomic mass is 16.5. The number of amides is 1. The molecule has 2 heterocycles. The van der Waals surface area contributed by atoms with Crippen molar-refractivity contribution >= 4 is 5.91 Å². The number of carbonyl (C=O) groups excluding carboxylic acids is 1. The average Bonchev–Trinajstić information content (AvgIpc) is 2.94. The van der Waals surface area contributed by atoms with Crippen LogP contribution in [0.15, 0.2) is 18.5 Å². The number of nitrogens with two attached hydrogens (primary N) is 2. The Bertz CT molecular complexity index is 434. The second-order valence-electron chi connectivity index (χ2n) is 4.40. The van der Waals surface area contributed by atoms with Gasteiger partial charge in [-0.1, -0.05) is 0 Å². The summed E-state index contributed by atoms with van der Waals surface area (Å²) in [5.74, 6) is -0.526. The first-order valence-electron chi connectivity index (χ1n) is 5.70. The van der Waals surface area contributed by atoms with Gasteiger partial charge in [-0.3, -0.25) is 4.79 Å². The van der Waals surface area contributed by atoms with Crippen LogP contribution in [0, 0.1) is 0 Å². The molecular formula is C11H17N3O4. The number of aromatic nitrogens is 1. The van der Waals surface area contributed by atoms with E-state index in [1.54, 1.807) is 16.8 Å². The molecule has 1 saturated heterocycles. The van der Waals surface area contributed by atoms with E-state index < -0.39 is 30.4 Å². The molecule has 1 aliphatic rings. The summed E-state index contributed by atoms with van der Waals surface area (Å²) in [6.45, 7) is -0.247. The summed E-state index contributed by atoms with van der Waals surface area (Å²) in [6.07, 6.45) is 1.23. The van der Waals surface area contributed by atoms with Gasteiger partial charge in [0.05, 0.1) is 24.4 Å². The maximum atomic E-state index is 11.0. The van der Waals surface area contributed by atoms with E-state index in [4.69, 9.17) is 21.3 Å². The molecule has 0 aromatic carbocycles. The number of aliphatic hydroxyl groups excluding tert-OH is 2. The van der Waals surface area contributed by atoms with Gasteiger partial charge in [0.25, 0.3) is 0 Å². The summed E-state index contributed by atoms with van der Waals surface area (Å²) in [5.41, 5.74) is 11.5. The molecule has 1 unspecified atom stereocenters. The van der Waals surface area contributed by atoms with Crippen LogP contribution >= 0.6 is 0 Å². The fourth-order valence-corrected chi connectivity index (χ4v) is 2.08. The van der Waals surface area contributed by atoms with Crippen molar-refractivity contribution in [2.75, 3.05) is 6.61 Å². The van der Waals surface area contributed by atoms with E-state index in [0.29, 0.717) is 12.0 Å². The van der Waals surface area contributed by atoms with E-state index in [1.807, 2.05) is 0 Å². The maximum absolute atomic E-state index is 11.0. The quantitative estimate of drug-likeness (QED) is 0.524. The third kappa shape index (κ3) is 2.39. The van der Waals surface area contributed by atoms with Crippen molar-refractivity contribution in [2.45, 2.75) is 30.9 Å². The average molecular weight is 255 g/mol. The number of rotatable bonds is 4. The molecule has 7 heteroatoms. The minimum absolute atomic E-state index is 0.247. The van der Waals surface area contributed by atoms with Crippen LogP contribution < -0.4 is 11.5 Å². The lowest BCUT2D eigenvalue weighted by Gasteiger charge is -2.20.